The highest BCUT2D eigenvalue weighted by molar-refractivity contribution is 7.89. The van der Waals surface area contributed by atoms with Crippen LogP contribution in [0.25, 0.3) is 0 Å². The number of hydrogen-bond acceptors (Lipinski definition) is 3. The van der Waals surface area contributed by atoms with E-state index in [1.165, 1.54) is 21.1 Å². The van der Waals surface area contributed by atoms with Crippen molar-refractivity contribution in [1.29, 1.82) is 0 Å². The summed E-state index contributed by atoms with van der Waals surface area (Å²) in [5, 5.41) is 9.15. The maximum absolute atomic E-state index is 12.7. The third-order valence-corrected chi connectivity index (χ3v) is 5.64. The molecule has 1 N–H and O–H groups in total. The number of aromatic carboxylic acids is 1. The van der Waals surface area contributed by atoms with Crippen molar-refractivity contribution in [2.75, 3.05) is 6.54 Å². The lowest BCUT2D eigenvalue weighted by atomic mass is 10.3. The van der Waals surface area contributed by atoms with Gasteiger partial charge >= 0.3 is 5.97 Å². The van der Waals surface area contributed by atoms with Crippen LogP contribution in [0.5, 0.6) is 0 Å². The van der Waals surface area contributed by atoms with Crippen LogP contribution in [0.3, 0.4) is 0 Å². The molecule has 0 aliphatic heterocycles. The number of rotatable bonds is 8. The summed E-state index contributed by atoms with van der Waals surface area (Å²) < 4.78 is 28.5. The molecule has 1 aromatic heterocycles. The predicted molar refractivity (Wildman–Crippen MR) is 78.9 cm³/mol. The lowest BCUT2D eigenvalue weighted by molar-refractivity contribution is 0.0685. The summed E-state index contributed by atoms with van der Waals surface area (Å²) in [6.45, 7) is 4.74. The summed E-state index contributed by atoms with van der Waals surface area (Å²) >= 11 is 0. The Kier molecular flexibility index (Phi) is 4.73. The predicted octanol–water partition coefficient (Wildman–Crippen LogP) is 2.16. The second kappa shape index (κ2) is 6.19. The van der Waals surface area contributed by atoms with Gasteiger partial charge in [-0.05, 0) is 32.3 Å². The Bertz CT molecular complexity index is 617. The van der Waals surface area contributed by atoms with Crippen molar-refractivity contribution >= 4 is 16.0 Å². The van der Waals surface area contributed by atoms with Crippen LogP contribution in [-0.4, -0.2) is 41.0 Å². The molecule has 6 nitrogen and oxygen atoms in total. The van der Waals surface area contributed by atoms with Gasteiger partial charge in [0.25, 0.3) is 0 Å². The SMILES string of the molecule is CCCCN(C1CC1)S(=O)(=O)c1cc(C(=O)O)n(CC)c1. The normalized spacial score (nSPS) is 15.6. The van der Waals surface area contributed by atoms with Crippen molar-refractivity contribution < 1.29 is 18.3 Å². The highest BCUT2D eigenvalue weighted by Crippen LogP contribution is 2.32. The van der Waals surface area contributed by atoms with E-state index in [9.17, 15) is 13.2 Å². The molecule has 0 radical (unpaired) electrons. The van der Waals surface area contributed by atoms with Crippen LogP contribution in [-0.2, 0) is 16.6 Å². The summed E-state index contributed by atoms with van der Waals surface area (Å²) in [5.74, 6) is -1.11. The van der Waals surface area contributed by atoms with Gasteiger partial charge in [0.2, 0.25) is 10.0 Å². The smallest absolute Gasteiger partial charge is 0.352 e. The molecule has 0 aromatic carbocycles. The van der Waals surface area contributed by atoms with Crippen molar-refractivity contribution in [3.8, 4) is 0 Å². The van der Waals surface area contributed by atoms with Gasteiger partial charge in [0.1, 0.15) is 10.6 Å². The zero-order valence-corrected chi connectivity index (χ0v) is 13.3. The number of nitrogens with zero attached hydrogens (tertiary/aromatic N) is 2. The van der Waals surface area contributed by atoms with Crippen molar-refractivity contribution in [3.63, 3.8) is 0 Å². The molecule has 1 aliphatic rings. The van der Waals surface area contributed by atoms with E-state index in [4.69, 9.17) is 5.11 Å². The molecule has 0 amide bonds. The highest BCUT2D eigenvalue weighted by atomic mass is 32.2. The van der Waals surface area contributed by atoms with Gasteiger partial charge < -0.3 is 9.67 Å². The molecule has 0 unspecified atom stereocenters. The van der Waals surface area contributed by atoms with Crippen LogP contribution in [0.1, 0.15) is 50.0 Å². The molecule has 1 saturated carbocycles. The fourth-order valence-electron chi connectivity index (χ4n) is 2.38. The fraction of sp³-hybridized carbons (Fsp3) is 0.643. The van der Waals surface area contributed by atoms with Gasteiger partial charge in [-0.25, -0.2) is 13.2 Å². The van der Waals surface area contributed by atoms with E-state index >= 15 is 0 Å². The minimum absolute atomic E-state index is 0.0160. The number of aromatic nitrogens is 1. The summed E-state index contributed by atoms with van der Waals surface area (Å²) in [6, 6.07) is 1.35. The Morgan fingerprint density at radius 3 is 2.52 bits per heavy atom. The molecule has 0 saturated heterocycles. The maximum Gasteiger partial charge on any atom is 0.352 e. The van der Waals surface area contributed by atoms with Crippen LogP contribution in [0.2, 0.25) is 0 Å². The largest absolute Gasteiger partial charge is 0.477 e. The molecule has 1 heterocycles. The van der Waals surface area contributed by atoms with E-state index in [-0.39, 0.29) is 16.6 Å². The Hall–Kier alpha value is -1.34. The van der Waals surface area contributed by atoms with Gasteiger partial charge in [-0.15, -0.1) is 0 Å². The zero-order chi connectivity index (χ0) is 15.6. The Morgan fingerprint density at radius 1 is 1.43 bits per heavy atom. The lowest BCUT2D eigenvalue weighted by Crippen LogP contribution is -2.33. The van der Waals surface area contributed by atoms with Crippen LogP contribution >= 0.6 is 0 Å². The molecule has 1 fully saturated rings. The first-order valence-corrected chi connectivity index (χ1v) is 8.81. The van der Waals surface area contributed by atoms with Crippen molar-refractivity contribution in [3.05, 3.63) is 18.0 Å². The number of aryl methyl sites for hydroxylation is 1. The first-order chi connectivity index (χ1) is 9.91. The summed E-state index contributed by atoms with van der Waals surface area (Å²) in [6.07, 6.45) is 4.96. The number of unbranched alkanes of at least 4 members (excludes halogenated alkanes) is 1. The molecule has 0 bridgehead atoms. The number of carboxylic acids is 1. The first-order valence-electron chi connectivity index (χ1n) is 7.37. The minimum Gasteiger partial charge on any atom is -0.477 e. The van der Waals surface area contributed by atoms with E-state index in [0.717, 1.165) is 25.7 Å². The number of carboxylic acid groups (broad SMARTS) is 1. The number of carbonyl (C=O) groups is 1. The molecule has 1 aliphatic carbocycles. The summed E-state index contributed by atoms with van der Waals surface area (Å²) in [4.78, 5) is 11.3. The molecule has 21 heavy (non-hydrogen) atoms. The number of hydrogen-bond donors (Lipinski definition) is 1. The Morgan fingerprint density at radius 2 is 2.10 bits per heavy atom. The van der Waals surface area contributed by atoms with E-state index in [2.05, 4.69) is 0 Å². The van der Waals surface area contributed by atoms with E-state index in [1.54, 1.807) is 6.92 Å². The molecular formula is C14H22N2O4S. The van der Waals surface area contributed by atoms with E-state index in [0.29, 0.717) is 13.1 Å². The Labute approximate surface area is 125 Å². The standard InChI is InChI=1S/C14H22N2O4S/c1-3-5-8-16(11-6-7-11)21(19,20)12-9-13(14(17)18)15(4-2)10-12/h9-11H,3-8H2,1-2H3,(H,17,18). The lowest BCUT2D eigenvalue weighted by Gasteiger charge is -2.20. The zero-order valence-electron chi connectivity index (χ0n) is 12.4. The topological polar surface area (TPSA) is 79.6 Å². The van der Waals surface area contributed by atoms with Crippen molar-refractivity contribution in [1.82, 2.24) is 8.87 Å². The van der Waals surface area contributed by atoms with Crippen molar-refractivity contribution in [2.45, 2.75) is 57.0 Å². The molecule has 2 rings (SSSR count). The maximum atomic E-state index is 12.7. The molecule has 1 aromatic rings. The van der Waals surface area contributed by atoms with Crippen LogP contribution in [0, 0.1) is 0 Å². The summed E-state index contributed by atoms with van der Waals surface area (Å²) in [5.41, 5.74) is 0.0160. The van der Waals surface area contributed by atoms with Crippen molar-refractivity contribution in [2.24, 2.45) is 0 Å². The number of sulfonamides is 1. The third kappa shape index (κ3) is 3.29. The monoisotopic (exact) mass is 314 g/mol. The van der Waals surface area contributed by atoms with Crippen LogP contribution in [0.15, 0.2) is 17.2 Å². The average molecular weight is 314 g/mol. The van der Waals surface area contributed by atoms with Crippen LogP contribution in [0.4, 0.5) is 0 Å². The van der Waals surface area contributed by atoms with Gasteiger partial charge in [0, 0.05) is 25.3 Å². The highest BCUT2D eigenvalue weighted by Gasteiger charge is 2.38. The minimum atomic E-state index is -3.61. The molecule has 0 spiro atoms. The van der Waals surface area contributed by atoms with Gasteiger partial charge in [-0.2, -0.15) is 4.31 Å². The quantitative estimate of drug-likeness (QED) is 0.797. The van der Waals surface area contributed by atoms with E-state index in [1.807, 2.05) is 6.92 Å². The molecular weight excluding hydrogens is 292 g/mol. The van der Waals surface area contributed by atoms with Gasteiger partial charge in [0.15, 0.2) is 0 Å². The molecule has 0 atom stereocenters. The van der Waals surface area contributed by atoms with Gasteiger partial charge in [-0.1, -0.05) is 13.3 Å². The van der Waals surface area contributed by atoms with Gasteiger partial charge in [-0.3, -0.25) is 0 Å². The second-order valence-corrected chi connectivity index (χ2v) is 7.24. The Balaban J connectivity index is 2.35. The third-order valence-electron chi connectivity index (χ3n) is 3.72. The van der Waals surface area contributed by atoms with Crippen LogP contribution < -0.4 is 0 Å². The molecule has 7 heteroatoms. The average Bonchev–Trinajstić information content (AvgIpc) is 3.15. The molecule has 118 valence electrons. The van der Waals surface area contributed by atoms with E-state index < -0.39 is 16.0 Å². The first kappa shape index (κ1) is 16.0. The second-order valence-electron chi connectivity index (χ2n) is 5.35. The summed E-state index contributed by atoms with van der Waals surface area (Å²) in [7, 11) is -3.61. The van der Waals surface area contributed by atoms with Gasteiger partial charge in [0.05, 0.1) is 0 Å². The fourth-order valence-corrected chi connectivity index (χ4v) is 4.14.